The number of carbonyl (C=O) groups excluding carboxylic acids is 1. The zero-order valence-electron chi connectivity index (χ0n) is 15.9. The molecule has 31 heavy (non-hydrogen) atoms. The molecule has 1 saturated heterocycles. The van der Waals surface area contributed by atoms with Crippen molar-refractivity contribution in [3.8, 4) is 10.4 Å². The zero-order valence-corrected chi connectivity index (χ0v) is 16.7. The van der Waals surface area contributed by atoms with Crippen LogP contribution >= 0.6 is 11.3 Å². The summed E-state index contributed by atoms with van der Waals surface area (Å²) in [4.78, 5) is 17.8. The van der Waals surface area contributed by atoms with Crippen LogP contribution in [0.15, 0.2) is 53.5 Å². The van der Waals surface area contributed by atoms with Crippen LogP contribution in [0.4, 0.5) is 33.7 Å². The van der Waals surface area contributed by atoms with Crippen molar-refractivity contribution in [3.63, 3.8) is 0 Å². The highest BCUT2D eigenvalue weighted by atomic mass is 32.1. The van der Waals surface area contributed by atoms with Crippen LogP contribution in [0.3, 0.4) is 0 Å². The number of rotatable bonds is 3. The second-order valence-electron chi connectivity index (χ2n) is 7.30. The molecule has 2 aliphatic rings. The number of nitrogens with one attached hydrogen (secondary N) is 1. The van der Waals surface area contributed by atoms with E-state index < -0.39 is 22.9 Å². The molecule has 2 aliphatic heterocycles. The molecule has 2 aromatic carbocycles. The van der Waals surface area contributed by atoms with Crippen molar-refractivity contribution in [2.75, 3.05) is 11.4 Å². The number of hydrogen-bond acceptors (Lipinski definition) is 3. The summed E-state index contributed by atoms with van der Waals surface area (Å²) in [7, 11) is 0. The van der Waals surface area contributed by atoms with Crippen molar-refractivity contribution in [3.05, 3.63) is 70.4 Å². The maximum Gasteiger partial charge on any atom is 0.425 e. The number of carbonyl (C=O) groups is 1. The first-order valence-electron chi connectivity index (χ1n) is 9.50. The Morgan fingerprint density at radius 2 is 1.94 bits per heavy atom. The average Bonchev–Trinajstić information content (AvgIpc) is 3.46. The van der Waals surface area contributed by atoms with Crippen molar-refractivity contribution in [2.24, 2.45) is 4.99 Å². The first-order valence-corrected chi connectivity index (χ1v) is 10.3. The summed E-state index contributed by atoms with van der Waals surface area (Å²) in [5.41, 5.74) is 3.17. The van der Waals surface area contributed by atoms with E-state index in [-0.39, 0.29) is 23.0 Å². The predicted octanol–water partition coefficient (Wildman–Crippen LogP) is 6.10. The van der Waals surface area contributed by atoms with Crippen molar-refractivity contribution in [1.82, 2.24) is 5.32 Å². The van der Waals surface area contributed by atoms with Gasteiger partial charge in [-0.15, -0.1) is 11.3 Å². The summed E-state index contributed by atoms with van der Waals surface area (Å²) in [5.74, 6) is -0.633. The monoisotopic (exact) mass is 445 g/mol. The number of hydrogen-bond donors (Lipinski definition) is 1. The van der Waals surface area contributed by atoms with Crippen molar-refractivity contribution in [1.29, 1.82) is 0 Å². The van der Waals surface area contributed by atoms with Gasteiger partial charge in [0.1, 0.15) is 10.7 Å². The van der Waals surface area contributed by atoms with Gasteiger partial charge in [-0.2, -0.15) is 13.2 Å². The lowest BCUT2D eigenvalue weighted by Gasteiger charge is -2.24. The van der Waals surface area contributed by atoms with E-state index in [4.69, 9.17) is 0 Å². The topological polar surface area (TPSA) is 44.7 Å². The van der Waals surface area contributed by atoms with E-state index in [1.54, 1.807) is 17.2 Å². The quantitative estimate of drug-likeness (QED) is 0.487. The van der Waals surface area contributed by atoms with Crippen molar-refractivity contribution in [2.45, 2.75) is 18.6 Å². The number of benzene rings is 2. The van der Waals surface area contributed by atoms with Gasteiger partial charge in [0.05, 0.1) is 11.7 Å². The van der Waals surface area contributed by atoms with Gasteiger partial charge in [0.15, 0.2) is 0 Å². The Morgan fingerprint density at radius 1 is 1.10 bits per heavy atom. The van der Waals surface area contributed by atoms with E-state index in [1.165, 1.54) is 18.2 Å². The second kappa shape index (κ2) is 7.19. The maximum atomic E-state index is 14.9. The van der Waals surface area contributed by atoms with Crippen molar-refractivity contribution < 1.29 is 22.4 Å². The summed E-state index contributed by atoms with van der Waals surface area (Å²) in [6.45, 7) is 0.287. The number of halogens is 4. The zero-order chi connectivity index (χ0) is 21.8. The van der Waals surface area contributed by atoms with E-state index in [1.807, 2.05) is 18.2 Å². The summed E-state index contributed by atoms with van der Waals surface area (Å²) in [6, 6.07) is 11.4. The first-order chi connectivity index (χ1) is 14.8. The molecule has 1 N–H and O–H groups in total. The molecule has 0 spiro atoms. The molecule has 3 heterocycles. The third-order valence-electron chi connectivity index (χ3n) is 5.39. The molecule has 2 amide bonds. The maximum absolute atomic E-state index is 14.9. The highest BCUT2D eigenvalue weighted by molar-refractivity contribution is 7.15. The molecule has 0 radical (unpaired) electrons. The van der Waals surface area contributed by atoms with Crippen LogP contribution < -0.4 is 10.2 Å². The van der Waals surface area contributed by atoms with Gasteiger partial charge >= 0.3 is 12.2 Å². The average molecular weight is 445 g/mol. The molecule has 158 valence electrons. The summed E-state index contributed by atoms with van der Waals surface area (Å²) < 4.78 is 53.5. The fourth-order valence-corrected chi connectivity index (χ4v) is 4.78. The number of thiophene rings is 1. The molecule has 0 aliphatic carbocycles. The van der Waals surface area contributed by atoms with Crippen LogP contribution in [0.2, 0.25) is 0 Å². The van der Waals surface area contributed by atoms with E-state index in [2.05, 4.69) is 10.3 Å². The van der Waals surface area contributed by atoms with E-state index >= 15 is 0 Å². The van der Waals surface area contributed by atoms with Crippen molar-refractivity contribution >= 4 is 35.0 Å². The number of anilines is 1. The third-order valence-corrected chi connectivity index (χ3v) is 6.56. The molecular weight excluding hydrogens is 430 g/mol. The van der Waals surface area contributed by atoms with Gasteiger partial charge in [0, 0.05) is 35.3 Å². The number of aliphatic imine (C=N–C) groups is 1. The molecular formula is C22H15F4N3OS. The van der Waals surface area contributed by atoms with E-state index in [9.17, 15) is 22.4 Å². The van der Waals surface area contributed by atoms with E-state index in [0.29, 0.717) is 22.6 Å². The molecule has 0 saturated carbocycles. The van der Waals surface area contributed by atoms with Gasteiger partial charge < -0.3 is 5.32 Å². The number of nitrogens with zero attached hydrogens (tertiary/aromatic N) is 2. The third kappa shape index (κ3) is 3.48. The molecule has 1 unspecified atom stereocenters. The Morgan fingerprint density at radius 3 is 2.68 bits per heavy atom. The van der Waals surface area contributed by atoms with Gasteiger partial charge in [-0.3, -0.25) is 9.89 Å². The van der Waals surface area contributed by atoms with Gasteiger partial charge in [-0.1, -0.05) is 18.2 Å². The Kier molecular flexibility index (Phi) is 4.58. The van der Waals surface area contributed by atoms with Gasteiger partial charge in [-0.25, -0.2) is 9.18 Å². The normalized spacial score (nSPS) is 17.9. The highest BCUT2D eigenvalue weighted by Gasteiger charge is 2.35. The molecule has 9 heteroatoms. The van der Waals surface area contributed by atoms with Gasteiger partial charge in [-0.05, 0) is 41.5 Å². The Bertz CT molecular complexity index is 1220. The lowest BCUT2D eigenvalue weighted by atomic mass is 10.0. The molecule has 1 aromatic heterocycles. The Hall–Kier alpha value is -3.20. The van der Waals surface area contributed by atoms with E-state index in [0.717, 1.165) is 23.7 Å². The second-order valence-corrected chi connectivity index (χ2v) is 8.39. The van der Waals surface area contributed by atoms with Crippen LogP contribution in [0, 0.1) is 5.82 Å². The molecule has 5 rings (SSSR count). The minimum absolute atomic E-state index is 0.0972. The first kappa shape index (κ1) is 19.7. The number of fused-ring (bicyclic) bond motifs is 1. The minimum atomic E-state index is -4.46. The Balaban J connectivity index is 1.47. The predicted molar refractivity (Wildman–Crippen MR) is 112 cm³/mol. The standard InChI is InChI=1S/C22H15F4N3OS/c23-16-9-13(2-4-15(16)19-5-6-20(31-19)22(24,25)26)18-11-28-21(30)29(18)14-3-1-12-7-8-27-17(12)10-14/h1-6,8-10,18H,7,11H2,(H,28,30). The summed E-state index contributed by atoms with van der Waals surface area (Å²) in [5, 5.41) is 2.77. The fraction of sp³-hybridized carbons (Fsp3) is 0.182. The lowest BCUT2D eigenvalue weighted by Crippen LogP contribution is -2.29. The minimum Gasteiger partial charge on any atom is -0.335 e. The largest absolute Gasteiger partial charge is 0.425 e. The van der Waals surface area contributed by atoms with Gasteiger partial charge in [0.25, 0.3) is 0 Å². The fourth-order valence-electron chi connectivity index (χ4n) is 3.88. The van der Waals surface area contributed by atoms with Crippen LogP contribution in [0.1, 0.15) is 22.0 Å². The SMILES string of the molecule is O=C1NCC(c2ccc(-c3ccc(C(F)(F)F)s3)c(F)c2)N1c1ccc2c(c1)N=CC2. The molecule has 4 nitrogen and oxygen atoms in total. The smallest absolute Gasteiger partial charge is 0.335 e. The van der Waals surface area contributed by atoms with Crippen LogP contribution in [0.5, 0.6) is 0 Å². The van der Waals surface area contributed by atoms with Crippen LogP contribution in [-0.4, -0.2) is 18.8 Å². The highest BCUT2D eigenvalue weighted by Crippen LogP contribution is 2.40. The van der Waals surface area contributed by atoms with Crippen LogP contribution in [0.25, 0.3) is 10.4 Å². The van der Waals surface area contributed by atoms with Gasteiger partial charge in [0.2, 0.25) is 0 Å². The number of alkyl halides is 3. The number of urea groups is 1. The summed E-state index contributed by atoms with van der Waals surface area (Å²) >= 11 is 0.499. The molecule has 1 atom stereocenters. The van der Waals surface area contributed by atoms with Crippen LogP contribution in [-0.2, 0) is 12.6 Å². The summed E-state index contributed by atoms with van der Waals surface area (Å²) in [6.07, 6.45) is -1.91. The molecule has 1 fully saturated rings. The Labute approximate surface area is 178 Å². The molecule has 0 bridgehead atoms. The lowest BCUT2D eigenvalue weighted by molar-refractivity contribution is -0.134. The molecule has 3 aromatic rings. The number of amides is 2.